The van der Waals surface area contributed by atoms with Gasteiger partial charge < -0.3 is 15.7 Å². The van der Waals surface area contributed by atoms with E-state index in [1.54, 1.807) is 13.2 Å². The number of amidine groups is 1. The molecule has 1 aromatic carbocycles. The van der Waals surface area contributed by atoms with E-state index in [-0.39, 0.29) is 5.84 Å². The smallest absolute Gasteiger partial charge is 0.170 e. The summed E-state index contributed by atoms with van der Waals surface area (Å²) >= 11 is 0. The first-order chi connectivity index (χ1) is 10.2. The Morgan fingerprint density at radius 3 is 2.71 bits per heavy atom. The minimum atomic E-state index is 0.128. The van der Waals surface area contributed by atoms with Gasteiger partial charge in [-0.05, 0) is 50.0 Å². The van der Waals surface area contributed by atoms with Crippen LogP contribution in [-0.4, -0.2) is 36.1 Å². The van der Waals surface area contributed by atoms with Gasteiger partial charge in [-0.15, -0.1) is 0 Å². The summed E-state index contributed by atoms with van der Waals surface area (Å²) < 4.78 is 5.43. The van der Waals surface area contributed by atoms with E-state index < -0.39 is 0 Å². The summed E-state index contributed by atoms with van der Waals surface area (Å²) in [7, 11) is 1.67. The largest absolute Gasteiger partial charge is 0.496 e. The van der Waals surface area contributed by atoms with Crippen molar-refractivity contribution in [3.8, 4) is 5.75 Å². The molecule has 0 amide bonds. The van der Waals surface area contributed by atoms with Crippen LogP contribution in [0.3, 0.4) is 0 Å². The predicted octanol–water partition coefficient (Wildman–Crippen LogP) is 2.41. The average Bonchev–Trinajstić information content (AvgIpc) is 2.54. The number of rotatable bonds is 5. The molecule has 1 saturated heterocycles. The first kappa shape index (κ1) is 15.6. The quantitative estimate of drug-likeness (QED) is 0.378. The maximum atomic E-state index is 8.80. The maximum absolute atomic E-state index is 8.80. The first-order valence-corrected chi connectivity index (χ1v) is 7.55. The summed E-state index contributed by atoms with van der Waals surface area (Å²) in [6.07, 6.45) is 3.80. The average molecular weight is 291 g/mol. The summed E-state index contributed by atoms with van der Waals surface area (Å²) in [4.78, 5) is 2.44. The van der Waals surface area contributed by atoms with Gasteiger partial charge in [0, 0.05) is 17.7 Å². The van der Waals surface area contributed by atoms with Gasteiger partial charge in [0.1, 0.15) is 5.75 Å². The van der Waals surface area contributed by atoms with Gasteiger partial charge in [-0.1, -0.05) is 18.5 Å². The topological polar surface area (TPSA) is 71.1 Å². The molecule has 5 heteroatoms. The molecule has 1 aliphatic rings. The van der Waals surface area contributed by atoms with Crippen LogP contribution in [-0.2, 0) is 6.54 Å². The highest BCUT2D eigenvalue weighted by Gasteiger charge is 2.19. The Morgan fingerprint density at radius 2 is 2.14 bits per heavy atom. The third-order valence-electron chi connectivity index (χ3n) is 4.36. The number of nitrogens with zero attached hydrogens (tertiary/aromatic N) is 2. The molecule has 5 nitrogen and oxygen atoms in total. The lowest BCUT2D eigenvalue weighted by Gasteiger charge is -2.31. The summed E-state index contributed by atoms with van der Waals surface area (Å²) in [6.45, 7) is 5.35. The maximum Gasteiger partial charge on any atom is 0.170 e. The van der Waals surface area contributed by atoms with E-state index in [1.165, 1.54) is 19.3 Å². The van der Waals surface area contributed by atoms with Crippen molar-refractivity contribution in [3.63, 3.8) is 0 Å². The predicted molar refractivity (Wildman–Crippen MR) is 83.8 cm³/mol. The Bertz CT molecular complexity index is 494. The van der Waals surface area contributed by atoms with Crippen molar-refractivity contribution in [2.75, 3.05) is 20.2 Å². The molecule has 3 N–H and O–H groups in total. The fourth-order valence-corrected chi connectivity index (χ4v) is 2.91. The molecule has 2 rings (SSSR count). The molecule has 1 aliphatic heterocycles. The second-order valence-electron chi connectivity index (χ2n) is 5.64. The first-order valence-electron chi connectivity index (χ1n) is 7.55. The molecule has 0 atom stereocenters. The highest BCUT2D eigenvalue weighted by Crippen LogP contribution is 2.25. The summed E-state index contributed by atoms with van der Waals surface area (Å²) in [5.41, 5.74) is 7.47. The zero-order valence-electron chi connectivity index (χ0n) is 12.9. The molecule has 0 bridgehead atoms. The van der Waals surface area contributed by atoms with E-state index in [1.807, 2.05) is 12.1 Å². The second kappa shape index (κ2) is 7.31. The van der Waals surface area contributed by atoms with Crippen LogP contribution in [0.25, 0.3) is 0 Å². The number of piperidine rings is 1. The lowest BCUT2D eigenvalue weighted by molar-refractivity contribution is 0.173. The van der Waals surface area contributed by atoms with E-state index in [0.29, 0.717) is 0 Å². The van der Waals surface area contributed by atoms with Crippen LogP contribution in [0, 0.1) is 5.92 Å². The highest BCUT2D eigenvalue weighted by atomic mass is 16.5. The van der Waals surface area contributed by atoms with E-state index >= 15 is 0 Å². The number of hydrogen-bond donors (Lipinski definition) is 2. The summed E-state index contributed by atoms with van der Waals surface area (Å²) in [5.74, 6) is 1.84. The van der Waals surface area contributed by atoms with Gasteiger partial charge in [0.15, 0.2) is 5.84 Å². The number of ether oxygens (including phenoxy) is 1. The fourth-order valence-electron chi connectivity index (χ4n) is 2.91. The molecule has 0 unspecified atom stereocenters. The van der Waals surface area contributed by atoms with Crippen molar-refractivity contribution < 1.29 is 9.94 Å². The monoisotopic (exact) mass is 291 g/mol. The molecular formula is C16H25N3O2. The SMILES string of the molecule is CCC1CCN(Cc2cc(/C(N)=N/O)ccc2OC)CC1. The number of likely N-dealkylation sites (tertiary alicyclic amines) is 1. The van der Waals surface area contributed by atoms with Crippen molar-refractivity contribution in [1.82, 2.24) is 4.90 Å². The van der Waals surface area contributed by atoms with Crippen molar-refractivity contribution in [1.29, 1.82) is 0 Å². The number of hydrogen-bond acceptors (Lipinski definition) is 4. The van der Waals surface area contributed by atoms with Crippen LogP contribution in [0.5, 0.6) is 5.75 Å². The van der Waals surface area contributed by atoms with Crippen LogP contribution in [0.4, 0.5) is 0 Å². The van der Waals surface area contributed by atoms with Gasteiger partial charge in [0.25, 0.3) is 0 Å². The Morgan fingerprint density at radius 1 is 1.43 bits per heavy atom. The zero-order chi connectivity index (χ0) is 15.2. The van der Waals surface area contributed by atoms with Crippen LogP contribution in [0.15, 0.2) is 23.4 Å². The Hall–Kier alpha value is -1.75. The molecular weight excluding hydrogens is 266 g/mol. The Balaban J connectivity index is 2.11. The molecule has 0 spiro atoms. The molecule has 1 aromatic rings. The number of nitrogens with two attached hydrogens (primary N) is 1. The third kappa shape index (κ3) is 3.88. The summed E-state index contributed by atoms with van der Waals surface area (Å²) in [5, 5.41) is 11.9. The molecule has 0 radical (unpaired) electrons. The van der Waals surface area contributed by atoms with Crippen molar-refractivity contribution >= 4 is 5.84 Å². The van der Waals surface area contributed by atoms with E-state index in [9.17, 15) is 0 Å². The van der Waals surface area contributed by atoms with Gasteiger partial charge in [-0.25, -0.2) is 0 Å². The van der Waals surface area contributed by atoms with Crippen molar-refractivity contribution in [2.45, 2.75) is 32.7 Å². The number of benzene rings is 1. The van der Waals surface area contributed by atoms with Crippen LogP contribution < -0.4 is 10.5 Å². The lowest BCUT2D eigenvalue weighted by atomic mass is 9.94. The standard InChI is InChI=1S/C16H25N3O2/c1-3-12-6-8-19(9-7-12)11-14-10-13(16(17)18-20)4-5-15(14)21-2/h4-5,10,12,20H,3,6-9,11H2,1-2H3,(H2,17,18). The minimum Gasteiger partial charge on any atom is -0.496 e. The molecule has 21 heavy (non-hydrogen) atoms. The van der Waals surface area contributed by atoms with E-state index in [0.717, 1.165) is 42.4 Å². The third-order valence-corrected chi connectivity index (χ3v) is 4.36. The lowest BCUT2D eigenvalue weighted by Crippen LogP contribution is -2.33. The van der Waals surface area contributed by atoms with Crippen molar-refractivity contribution in [3.05, 3.63) is 29.3 Å². The van der Waals surface area contributed by atoms with Gasteiger partial charge in [-0.2, -0.15) is 0 Å². The minimum absolute atomic E-state index is 0.128. The van der Waals surface area contributed by atoms with Gasteiger partial charge in [0.05, 0.1) is 7.11 Å². The van der Waals surface area contributed by atoms with Gasteiger partial charge >= 0.3 is 0 Å². The highest BCUT2D eigenvalue weighted by molar-refractivity contribution is 5.97. The Kier molecular flexibility index (Phi) is 5.44. The van der Waals surface area contributed by atoms with Crippen LogP contribution in [0.2, 0.25) is 0 Å². The normalized spacial score (nSPS) is 17.9. The summed E-state index contributed by atoms with van der Waals surface area (Å²) in [6, 6.07) is 5.63. The number of oxime groups is 1. The van der Waals surface area contributed by atoms with Gasteiger partial charge in [-0.3, -0.25) is 4.90 Å². The van der Waals surface area contributed by atoms with Crippen molar-refractivity contribution in [2.24, 2.45) is 16.8 Å². The van der Waals surface area contributed by atoms with E-state index in [4.69, 9.17) is 15.7 Å². The molecule has 0 aliphatic carbocycles. The Labute approximate surface area is 126 Å². The fraction of sp³-hybridized carbons (Fsp3) is 0.562. The van der Waals surface area contributed by atoms with E-state index in [2.05, 4.69) is 17.0 Å². The molecule has 1 heterocycles. The zero-order valence-corrected chi connectivity index (χ0v) is 12.9. The second-order valence-corrected chi connectivity index (χ2v) is 5.64. The molecule has 116 valence electrons. The van der Waals surface area contributed by atoms with Crippen LogP contribution >= 0.6 is 0 Å². The van der Waals surface area contributed by atoms with Crippen LogP contribution in [0.1, 0.15) is 37.3 Å². The molecule has 0 saturated carbocycles. The molecule has 0 aromatic heterocycles. The number of methoxy groups -OCH3 is 1. The van der Waals surface area contributed by atoms with Gasteiger partial charge in [0.2, 0.25) is 0 Å². The molecule has 1 fully saturated rings.